The summed E-state index contributed by atoms with van der Waals surface area (Å²) in [7, 11) is 0. The van der Waals surface area contributed by atoms with Crippen LogP contribution < -0.4 is 0 Å². The highest BCUT2D eigenvalue weighted by atomic mass is 32.2. The Morgan fingerprint density at radius 2 is 1.94 bits per heavy atom. The van der Waals surface area contributed by atoms with Gasteiger partial charge in [0, 0.05) is 23.9 Å². The standard InChI is InChI=1S/C13H22O2S/c1-5-9-10-12(6-2)16-11-13(14-7-3)15-8-4/h5-6,9-10,13H,1,7-8,11H2,2-4H3/b10-9-,12-6+. The maximum absolute atomic E-state index is 5.47. The first-order valence-corrected chi connectivity index (χ1v) is 6.58. The zero-order chi connectivity index (χ0) is 12.2. The topological polar surface area (TPSA) is 18.5 Å². The third kappa shape index (κ3) is 7.74. The Morgan fingerprint density at radius 3 is 2.38 bits per heavy atom. The lowest BCUT2D eigenvalue weighted by Gasteiger charge is -2.16. The van der Waals surface area contributed by atoms with Crippen LogP contribution in [0.3, 0.4) is 0 Å². The molecule has 2 nitrogen and oxygen atoms in total. The summed E-state index contributed by atoms with van der Waals surface area (Å²) in [5.41, 5.74) is 0. The Morgan fingerprint density at radius 1 is 1.31 bits per heavy atom. The molecule has 0 spiro atoms. The van der Waals surface area contributed by atoms with Crippen molar-refractivity contribution in [2.24, 2.45) is 0 Å². The summed E-state index contributed by atoms with van der Waals surface area (Å²) >= 11 is 1.73. The number of rotatable bonds is 9. The highest BCUT2D eigenvalue weighted by molar-refractivity contribution is 8.03. The van der Waals surface area contributed by atoms with Gasteiger partial charge in [0.2, 0.25) is 0 Å². The summed E-state index contributed by atoms with van der Waals surface area (Å²) in [5, 5.41) is 0. The van der Waals surface area contributed by atoms with Gasteiger partial charge in [-0.3, -0.25) is 0 Å². The molecule has 0 atom stereocenters. The lowest BCUT2D eigenvalue weighted by Crippen LogP contribution is -2.20. The van der Waals surface area contributed by atoms with Crippen molar-refractivity contribution >= 4 is 11.8 Å². The first-order valence-electron chi connectivity index (χ1n) is 5.59. The predicted octanol–water partition coefficient (Wildman–Crippen LogP) is 3.76. The highest BCUT2D eigenvalue weighted by Crippen LogP contribution is 2.19. The zero-order valence-electron chi connectivity index (χ0n) is 10.4. The van der Waals surface area contributed by atoms with Crippen LogP contribution in [-0.2, 0) is 9.47 Å². The van der Waals surface area contributed by atoms with Crippen molar-refractivity contribution in [1.29, 1.82) is 0 Å². The minimum Gasteiger partial charge on any atom is -0.352 e. The van der Waals surface area contributed by atoms with Gasteiger partial charge in [0.15, 0.2) is 6.29 Å². The van der Waals surface area contributed by atoms with Crippen molar-refractivity contribution in [3.63, 3.8) is 0 Å². The SMILES string of the molecule is C=C/C=C\C(=C/C)SCC(OCC)OCC. The van der Waals surface area contributed by atoms with Crippen LogP contribution in [0.1, 0.15) is 20.8 Å². The molecule has 0 aromatic heterocycles. The van der Waals surface area contributed by atoms with E-state index in [0.717, 1.165) is 5.75 Å². The van der Waals surface area contributed by atoms with E-state index in [1.807, 2.05) is 32.9 Å². The third-order valence-electron chi connectivity index (χ3n) is 1.77. The fourth-order valence-corrected chi connectivity index (χ4v) is 1.93. The predicted molar refractivity (Wildman–Crippen MR) is 72.6 cm³/mol. The van der Waals surface area contributed by atoms with Gasteiger partial charge in [-0.15, -0.1) is 11.8 Å². The van der Waals surface area contributed by atoms with Gasteiger partial charge in [-0.2, -0.15) is 0 Å². The zero-order valence-corrected chi connectivity index (χ0v) is 11.3. The Bertz CT molecular complexity index is 228. The minimum absolute atomic E-state index is 0.118. The van der Waals surface area contributed by atoms with Gasteiger partial charge in [0.1, 0.15) is 0 Å². The largest absolute Gasteiger partial charge is 0.352 e. The maximum atomic E-state index is 5.47. The Labute approximate surface area is 103 Å². The number of ether oxygens (including phenoxy) is 2. The van der Waals surface area contributed by atoms with Gasteiger partial charge < -0.3 is 9.47 Å². The van der Waals surface area contributed by atoms with E-state index in [4.69, 9.17) is 9.47 Å². The van der Waals surface area contributed by atoms with E-state index in [0.29, 0.717) is 13.2 Å². The summed E-state index contributed by atoms with van der Waals surface area (Å²) < 4.78 is 10.9. The molecule has 3 heteroatoms. The van der Waals surface area contributed by atoms with Crippen molar-refractivity contribution in [2.75, 3.05) is 19.0 Å². The summed E-state index contributed by atoms with van der Waals surface area (Å²) in [4.78, 5) is 1.20. The molecule has 0 aliphatic carbocycles. The van der Waals surface area contributed by atoms with Crippen LogP contribution in [0.4, 0.5) is 0 Å². The molecule has 0 saturated carbocycles. The van der Waals surface area contributed by atoms with Crippen LogP contribution in [0.25, 0.3) is 0 Å². The van der Waals surface area contributed by atoms with Gasteiger partial charge in [0.25, 0.3) is 0 Å². The number of allylic oxidation sites excluding steroid dienone is 4. The molecule has 16 heavy (non-hydrogen) atoms. The first-order chi connectivity index (χ1) is 7.78. The van der Waals surface area contributed by atoms with Crippen LogP contribution in [0.15, 0.2) is 35.8 Å². The second-order valence-electron chi connectivity index (χ2n) is 2.94. The molecule has 0 aromatic carbocycles. The maximum Gasteiger partial charge on any atom is 0.166 e. The quantitative estimate of drug-likeness (QED) is 0.453. The van der Waals surface area contributed by atoms with E-state index in [2.05, 4.69) is 12.7 Å². The molecule has 0 aromatic rings. The lowest BCUT2D eigenvalue weighted by molar-refractivity contribution is -0.119. The Hall–Kier alpha value is -0.510. The van der Waals surface area contributed by atoms with Crippen LogP contribution in [0, 0.1) is 0 Å². The second kappa shape index (κ2) is 11.0. The van der Waals surface area contributed by atoms with Gasteiger partial charge in [-0.1, -0.05) is 24.8 Å². The average Bonchev–Trinajstić information content (AvgIpc) is 2.30. The molecular formula is C13H22O2S. The molecular weight excluding hydrogens is 220 g/mol. The molecule has 0 bridgehead atoms. The van der Waals surface area contributed by atoms with E-state index < -0.39 is 0 Å². The van der Waals surface area contributed by atoms with Crippen LogP contribution in [0.5, 0.6) is 0 Å². The Kier molecular flexibility index (Phi) is 10.6. The number of thioether (sulfide) groups is 1. The fraction of sp³-hybridized carbons (Fsp3) is 0.538. The normalized spacial score (nSPS) is 12.6. The summed E-state index contributed by atoms with van der Waals surface area (Å²) in [6.45, 7) is 11.0. The fourth-order valence-electron chi connectivity index (χ4n) is 1.07. The molecule has 0 amide bonds. The van der Waals surface area contributed by atoms with Gasteiger partial charge in [-0.05, 0) is 26.8 Å². The van der Waals surface area contributed by atoms with E-state index in [-0.39, 0.29) is 6.29 Å². The molecule has 0 radical (unpaired) electrons. The van der Waals surface area contributed by atoms with Crippen LogP contribution in [0.2, 0.25) is 0 Å². The number of hydrogen-bond acceptors (Lipinski definition) is 3. The van der Waals surface area contributed by atoms with Gasteiger partial charge in [0.05, 0.1) is 0 Å². The molecule has 0 fully saturated rings. The molecule has 0 saturated heterocycles. The van der Waals surface area contributed by atoms with E-state index in [9.17, 15) is 0 Å². The van der Waals surface area contributed by atoms with Crippen LogP contribution in [-0.4, -0.2) is 25.3 Å². The average molecular weight is 242 g/mol. The van der Waals surface area contributed by atoms with Crippen molar-refractivity contribution in [2.45, 2.75) is 27.1 Å². The molecule has 0 N–H and O–H groups in total. The number of hydrogen-bond donors (Lipinski definition) is 0. The summed E-state index contributed by atoms with van der Waals surface area (Å²) in [6.07, 6.45) is 7.68. The smallest absolute Gasteiger partial charge is 0.166 e. The summed E-state index contributed by atoms with van der Waals surface area (Å²) in [6, 6.07) is 0. The second-order valence-corrected chi connectivity index (χ2v) is 4.03. The van der Waals surface area contributed by atoms with E-state index in [1.54, 1.807) is 17.8 Å². The molecule has 0 heterocycles. The molecule has 92 valence electrons. The van der Waals surface area contributed by atoms with Crippen molar-refractivity contribution < 1.29 is 9.47 Å². The van der Waals surface area contributed by atoms with Crippen molar-refractivity contribution in [1.82, 2.24) is 0 Å². The minimum atomic E-state index is -0.118. The van der Waals surface area contributed by atoms with E-state index >= 15 is 0 Å². The lowest BCUT2D eigenvalue weighted by atomic mass is 10.4. The molecule has 0 aliphatic heterocycles. The molecule has 0 unspecified atom stereocenters. The first kappa shape index (κ1) is 15.5. The van der Waals surface area contributed by atoms with Crippen molar-refractivity contribution in [3.8, 4) is 0 Å². The third-order valence-corrected chi connectivity index (χ3v) is 2.92. The molecule has 0 rings (SSSR count). The summed E-state index contributed by atoms with van der Waals surface area (Å²) in [5.74, 6) is 0.808. The van der Waals surface area contributed by atoms with Gasteiger partial charge in [-0.25, -0.2) is 0 Å². The van der Waals surface area contributed by atoms with Crippen LogP contribution >= 0.6 is 11.8 Å². The molecule has 0 aliphatic rings. The monoisotopic (exact) mass is 242 g/mol. The van der Waals surface area contributed by atoms with Crippen molar-refractivity contribution in [3.05, 3.63) is 35.8 Å². The Balaban J connectivity index is 4.05. The van der Waals surface area contributed by atoms with E-state index in [1.165, 1.54) is 4.91 Å². The highest BCUT2D eigenvalue weighted by Gasteiger charge is 2.08. The van der Waals surface area contributed by atoms with Gasteiger partial charge >= 0.3 is 0 Å².